The van der Waals surface area contributed by atoms with E-state index in [1.165, 1.54) is 0 Å². The monoisotopic (exact) mass is 253 g/mol. The van der Waals surface area contributed by atoms with Crippen molar-refractivity contribution < 1.29 is 19.4 Å². The molecule has 5 nitrogen and oxygen atoms in total. The summed E-state index contributed by atoms with van der Waals surface area (Å²) in [6, 6.07) is 3.30. The van der Waals surface area contributed by atoms with Gasteiger partial charge in [-0.2, -0.15) is 0 Å². The standard InChI is InChI=1S/C13H19NO4/c1-8(15)7-14-13(16)10-5-11(17-3)9(2)12(6-10)18-4/h5-6,8,15H,7H2,1-4H3,(H,14,16)/t8-/m1/s1. The second kappa shape index (κ2) is 6.26. The molecule has 100 valence electrons. The van der Waals surface area contributed by atoms with Crippen molar-refractivity contribution in [2.45, 2.75) is 20.0 Å². The second-order valence-electron chi connectivity index (χ2n) is 4.06. The van der Waals surface area contributed by atoms with Crippen LogP contribution in [0, 0.1) is 6.92 Å². The third kappa shape index (κ3) is 3.37. The summed E-state index contributed by atoms with van der Waals surface area (Å²) in [6.45, 7) is 3.67. The molecule has 18 heavy (non-hydrogen) atoms. The van der Waals surface area contributed by atoms with Gasteiger partial charge in [0.1, 0.15) is 11.5 Å². The van der Waals surface area contributed by atoms with Crippen LogP contribution < -0.4 is 14.8 Å². The molecule has 1 amide bonds. The van der Waals surface area contributed by atoms with Gasteiger partial charge in [-0.05, 0) is 26.0 Å². The highest BCUT2D eigenvalue weighted by Gasteiger charge is 2.13. The van der Waals surface area contributed by atoms with Crippen molar-refractivity contribution in [1.29, 1.82) is 0 Å². The summed E-state index contributed by atoms with van der Waals surface area (Å²) in [4.78, 5) is 11.9. The summed E-state index contributed by atoms with van der Waals surface area (Å²) in [7, 11) is 3.08. The summed E-state index contributed by atoms with van der Waals surface area (Å²) in [5.74, 6) is 0.917. The zero-order chi connectivity index (χ0) is 13.7. The predicted molar refractivity (Wildman–Crippen MR) is 68.3 cm³/mol. The van der Waals surface area contributed by atoms with Crippen LogP contribution in [-0.2, 0) is 0 Å². The van der Waals surface area contributed by atoms with Crippen molar-refractivity contribution >= 4 is 5.91 Å². The molecule has 0 saturated carbocycles. The van der Waals surface area contributed by atoms with Gasteiger partial charge in [-0.15, -0.1) is 0 Å². The SMILES string of the molecule is COc1cc(C(=O)NC[C@@H](C)O)cc(OC)c1C. The molecule has 0 unspecified atom stereocenters. The van der Waals surface area contributed by atoms with Crippen LogP contribution in [0.15, 0.2) is 12.1 Å². The van der Waals surface area contributed by atoms with Crippen molar-refractivity contribution in [2.75, 3.05) is 20.8 Å². The minimum Gasteiger partial charge on any atom is -0.496 e. The largest absolute Gasteiger partial charge is 0.496 e. The lowest BCUT2D eigenvalue weighted by Crippen LogP contribution is -2.30. The van der Waals surface area contributed by atoms with Crippen LogP contribution >= 0.6 is 0 Å². The Balaban J connectivity index is 2.98. The maximum atomic E-state index is 11.9. The summed E-state index contributed by atoms with van der Waals surface area (Å²) >= 11 is 0. The minimum absolute atomic E-state index is 0.206. The molecule has 2 N–H and O–H groups in total. The third-order valence-electron chi connectivity index (χ3n) is 2.57. The van der Waals surface area contributed by atoms with Crippen molar-refractivity contribution in [1.82, 2.24) is 5.32 Å². The number of nitrogens with one attached hydrogen (secondary N) is 1. The van der Waals surface area contributed by atoms with Crippen LogP contribution in [0.25, 0.3) is 0 Å². The maximum absolute atomic E-state index is 11.9. The third-order valence-corrected chi connectivity index (χ3v) is 2.57. The molecule has 0 saturated heterocycles. The number of ether oxygens (including phenoxy) is 2. The highest BCUT2D eigenvalue weighted by Crippen LogP contribution is 2.29. The molecule has 0 aliphatic rings. The molecule has 0 spiro atoms. The first-order valence-corrected chi connectivity index (χ1v) is 5.68. The molecule has 0 fully saturated rings. The van der Waals surface area contributed by atoms with Gasteiger partial charge >= 0.3 is 0 Å². The average molecular weight is 253 g/mol. The number of carbonyl (C=O) groups is 1. The van der Waals surface area contributed by atoms with Crippen molar-refractivity contribution in [2.24, 2.45) is 0 Å². The predicted octanol–water partition coefficient (Wildman–Crippen LogP) is 1.12. The second-order valence-corrected chi connectivity index (χ2v) is 4.06. The van der Waals surface area contributed by atoms with E-state index >= 15 is 0 Å². The molecule has 1 atom stereocenters. The zero-order valence-electron chi connectivity index (χ0n) is 11.1. The maximum Gasteiger partial charge on any atom is 0.251 e. The first kappa shape index (κ1) is 14.3. The van der Waals surface area contributed by atoms with Crippen LogP contribution in [0.2, 0.25) is 0 Å². The number of carbonyl (C=O) groups excluding carboxylic acids is 1. The Morgan fingerprint density at radius 3 is 2.22 bits per heavy atom. The van der Waals surface area contributed by atoms with Gasteiger partial charge in [0.15, 0.2) is 0 Å². The van der Waals surface area contributed by atoms with Crippen molar-refractivity contribution in [3.05, 3.63) is 23.3 Å². The molecule has 0 aliphatic heterocycles. The van der Waals surface area contributed by atoms with E-state index in [0.717, 1.165) is 5.56 Å². The summed E-state index contributed by atoms with van der Waals surface area (Å²) in [6.07, 6.45) is -0.580. The lowest BCUT2D eigenvalue weighted by molar-refractivity contribution is 0.0923. The van der Waals surface area contributed by atoms with E-state index in [-0.39, 0.29) is 12.5 Å². The number of rotatable bonds is 5. The molecule has 5 heteroatoms. The number of benzene rings is 1. The molecule has 0 aromatic heterocycles. The summed E-state index contributed by atoms with van der Waals surface area (Å²) in [5.41, 5.74) is 1.28. The molecule has 0 heterocycles. The first-order chi connectivity index (χ1) is 8.49. The Kier molecular flexibility index (Phi) is 4.97. The number of methoxy groups -OCH3 is 2. The van der Waals surface area contributed by atoms with Crippen LogP contribution in [0.4, 0.5) is 0 Å². The van der Waals surface area contributed by atoms with Gasteiger partial charge in [0.25, 0.3) is 5.91 Å². The lowest BCUT2D eigenvalue weighted by atomic mass is 10.1. The van der Waals surface area contributed by atoms with Gasteiger partial charge in [0.2, 0.25) is 0 Å². The van der Waals surface area contributed by atoms with E-state index in [1.54, 1.807) is 33.3 Å². The highest BCUT2D eigenvalue weighted by atomic mass is 16.5. The number of aliphatic hydroxyl groups excluding tert-OH is 1. The average Bonchev–Trinajstić information content (AvgIpc) is 2.36. The van der Waals surface area contributed by atoms with Gasteiger partial charge in [-0.1, -0.05) is 0 Å². The van der Waals surface area contributed by atoms with E-state index in [4.69, 9.17) is 14.6 Å². The van der Waals surface area contributed by atoms with E-state index in [0.29, 0.717) is 17.1 Å². The Morgan fingerprint density at radius 1 is 1.33 bits per heavy atom. The molecule has 1 rings (SSSR count). The van der Waals surface area contributed by atoms with E-state index in [9.17, 15) is 4.79 Å². The zero-order valence-corrected chi connectivity index (χ0v) is 11.1. The van der Waals surface area contributed by atoms with Crippen LogP contribution in [0.5, 0.6) is 11.5 Å². The van der Waals surface area contributed by atoms with Gasteiger partial charge in [0.05, 0.1) is 20.3 Å². The van der Waals surface area contributed by atoms with Crippen molar-refractivity contribution in [3.8, 4) is 11.5 Å². The Bertz CT molecular complexity index is 404. The molecule has 1 aromatic rings. The summed E-state index contributed by atoms with van der Waals surface area (Å²) < 4.78 is 10.4. The lowest BCUT2D eigenvalue weighted by Gasteiger charge is -2.13. The number of aliphatic hydroxyl groups is 1. The fraction of sp³-hybridized carbons (Fsp3) is 0.462. The molecular formula is C13H19NO4. The fourth-order valence-corrected chi connectivity index (χ4v) is 1.56. The van der Waals surface area contributed by atoms with E-state index < -0.39 is 6.10 Å². The fourth-order valence-electron chi connectivity index (χ4n) is 1.56. The van der Waals surface area contributed by atoms with Gasteiger partial charge in [0, 0.05) is 17.7 Å². The Hall–Kier alpha value is -1.75. The van der Waals surface area contributed by atoms with Gasteiger partial charge < -0.3 is 19.9 Å². The van der Waals surface area contributed by atoms with Crippen LogP contribution in [-0.4, -0.2) is 37.9 Å². The highest BCUT2D eigenvalue weighted by molar-refractivity contribution is 5.95. The van der Waals surface area contributed by atoms with Gasteiger partial charge in [-0.3, -0.25) is 4.79 Å². The first-order valence-electron chi connectivity index (χ1n) is 5.68. The number of amides is 1. The van der Waals surface area contributed by atoms with Crippen LogP contribution in [0.1, 0.15) is 22.8 Å². The number of hydrogen-bond acceptors (Lipinski definition) is 4. The number of hydrogen-bond donors (Lipinski definition) is 2. The normalized spacial score (nSPS) is 11.8. The molecule has 0 bridgehead atoms. The quantitative estimate of drug-likeness (QED) is 0.825. The smallest absolute Gasteiger partial charge is 0.251 e. The van der Waals surface area contributed by atoms with Crippen molar-refractivity contribution in [3.63, 3.8) is 0 Å². The molecule has 0 radical (unpaired) electrons. The molecular weight excluding hydrogens is 234 g/mol. The Morgan fingerprint density at radius 2 is 1.83 bits per heavy atom. The minimum atomic E-state index is -0.580. The van der Waals surface area contributed by atoms with Gasteiger partial charge in [-0.25, -0.2) is 0 Å². The Labute approximate surface area is 107 Å². The molecule has 1 aromatic carbocycles. The van der Waals surface area contributed by atoms with Crippen LogP contribution in [0.3, 0.4) is 0 Å². The molecule has 0 aliphatic carbocycles. The summed E-state index contributed by atoms with van der Waals surface area (Å²) in [5, 5.41) is 11.8. The van der Waals surface area contributed by atoms with E-state index in [1.807, 2.05) is 6.92 Å². The topological polar surface area (TPSA) is 67.8 Å². The van der Waals surface area contributed by atoms with E-state index in [2.05, 4.69) is 5.32 Å².